The van der Waals surface area contributed by atoms with E-state index >= 15 is 9.59 Å². The number of carbonyl (C=O) groups is 21. The van der Waals surface area contributed by atoms with Gasteiger partial charge in [-0.25, -0.2) is 9.78 Å². The maximum Gasteiger partial charge on any atom is 0.328 e. The van der Waals surface area contributed by atoms with Crippen molar-refractivity contribution in [3.63, 3.8) is 0 Å². The van der Waals surface area contributed by atoms with Crippen molar-refractivity contribution in [1.82, 2.24) is 115 Å². The van der Waals surface area contributed by atoms with Gasteiger partial charge < -0.3 is 175 Å². The van der Waals surface area contributed by atoms with Gasteiger partial charge in [-0.15, -0.1) is 0 Å². The number of carbonyl (C=O) groups excluding carboxylic acids is 20. The molecular formula is C91H155N29O27S. The zero-order valence-corrected chi connectivity index (χ0v) is 85.7. The molecule has 4 aliphatic heterocycles. The molecule has 1 aromatic heterocycles. The Labute approximate surface area is 862 Å². The normalized spacial score (nSPS) is 18.9. The van der Waals surface area contributed by atoms with Crippen molar-refractivity contribution >= 4 is 143 Å². The fourth-order valence-corrected chi connectivity index (χ4v) is 17.5. The molecule has 0 radical (unpaired) electrons. The summed E-state index contributed by atoms with van der Waals surface area (Å²) in [7, 11) is 0. The number of nitrogens with two attached hydrogens (primary N) is 6. The third-order valence-corrected chi connectivity index (χ3v) is 25.5. The Morgan fingerprint density at radius 3 is 1.21 bits per heavy atom. The van der Waals surface area contributed by atoms with E-state index < -0.39 is 296 Å². The number of aromatic amines is 1. The average Bonchev–Trinajstić information content (AvgIpc) is 1.65. The van der Waals surface area contributed by atoms with Crippen LogP contribution in [0.4, 0.5) is 0 Å². The fourth-order valence-electron chi connectivity index (χ4n) is 17.3. The number of imidazole rings is 1. The molecule has 832 valence electrons. The average molecular weight is 2120 g/mol. The molecule has 0 saturated carbocycles. The highest BCUT2D eigenvalue weighted by atomic mass is 32.1. The van der Waals surface area contributed by atoms with E-state index in [1.54, 1.807) is 27.7 Å². The molecule has 57 heteroatoms. The molecule has 1 aromatic rings. The summed E-state index contributed by atoms with van der Waals surface area (Å²) in [5.41, 5.74) is 34.6. The number of aliphatic hydroxyl groups is 5. The number of carboxylic acid groups (broad SMARTS) is 1. The van der Waals surface area contributed by atoms with E-state index in [9.17, 15) is 122 Å². The molecule has 21 atom stereocenters. The highest BCUT2D eigenvalue weighted by Crippen LogP contribution is 2.27. The van der Waals surface area contributed by atoms with Crippen LogP contribution in [0, 0.1) is 17.2 Å². The van der Waals surface area contributed by atoms with E-state index in [1.165, 1.54) is 38.2 Å². The van der Waals surface area contributed by atoms with Gasteiger partial charge in [0.1, 0.15) is 109 Å². The van der Waals surface area contributed by atoms with Crippen LogP contribution >= 0.6 is 12.6 Å². The lowest BCUT2D eigenvalue weighted by atomic mass is 10.0. The molecule has 0 aromatic carbocycles. The summed E-state index contributed by atoms with van der Waals surface area (Å²) in [6.07, 6.45) is 0.723. The molecular weight excluding hydrogens is 1960 g/mol. The van der Waals surface area contributed by atoms with E-state index in [4.69, 9.17) is 39.8 Å². The van der Waals surface area contributed by atoms with E-state index in [1.807, 2.05) is 5.32 Å². The minimum absolute atomic E-state index is 0.00600. The van der Waals surface area contributed by atoms with Crippen LogP contribution in [0.3, 0.4) is 0 Å². The third-order valence-electron chi connectivity index (χ3n) is 25.2. The molecule has 4 saturated heterocycles. The molecule has 5 heterocycles. The van der Waals surface area contributed by atoms with Crippen LogP contribution in [-0.4, -0.2) is 402 Å². The van der Waals surface area contributed by atoms with E-state index in [0.717, 1.165) is 14.7 Å². The summed E-state index contributed by atoms with van der Waals surface area (Å²) >= 11 is 4.36. The molecule has 0 bridgehead atoms. The maximum absolute atomic E-state index is 15.0. The van der Waals surface area contributed by atoms with Crippen LogP contribution in [0.15, 0.2) is 12.5 Å². The molecule has 5 rings (SSSR count). The van der Waals surface area contributed by atoms with Crippen molar-refractivity contribution in [3.05, 3.63) is 18.2 Å². The smallest absolute Gasteiger partial charge is 0.328 e. The minimum atomic E-state index is -1.86. The van der Waals surface area contributed by atoms with Crippen molar-refractivity contribution in [3.8, 4) is 0 Å². The number of aromatic nitrogens is 2. The van der Waals surface area contributed by atoms with Crippen LogP contribution < -0.4 is 119 Å². The fraction of sp³-hybridized carbons (Fsp3) is 0.725. The van der Waals surface area contributed by atoms with Crippen molar-refractivity contribution in [2.45, 2.75) is 323 Å². The standard InChI is InChI=1S/C91H155N29O27S/c1-46(2)35-56(108-80(136)63(44-148)114-83(139)66-25-16-31-117(66)86(142)55(22-14-30-100-91(97)98)107-78(134)58(38-68(96)126)109-73(129)52(19-8-11-27-92)105-76(132)57(36-47(3)4)110-85(141)70(49(6)124)115-75(131)54(21-10-13-29-94)104-72(128)48(5)95)77(133)112-61(42-122)88(144)119-33-17-24-65(119)82(138)106-53(20-9-12-28-93)74(130)111-59(37-51-39-99-45-102-51)87(143)118-32-18-26-67(118)84(140)116-71(50(7)125)89(145)120-34-15-23-64(120)81(137)101-40-69(127)103-60(41-121)79(135)113-62(43-123)90(146)147/h39,45-50,52-67,70-71,121-125,148H,8-38,40-44,92-95H2,1-7H3,(H2,96,126)(H,99,102)(H,101,137)(H,103,127)(H,104,128)(H,105,132)(H,106,138)(H,107,134)(H,108,136)(H,109,129)(H,110,141)(H,111,130)(H,112,133)(H,113,135)(H,114,139)(H,115,131)(H,116,140)(H,146,147)(H4,97,98,100)/t48-,49+,50+,52-,53-,54-,55-,56-,57-,58-,59-,60-,61-,62-,63-,64-,65-,66-,67-,70-,71-/m0/s1. The van der Waals surface area contributed by atoms with Gasteiger partial charge in [0.05, 0.1) is 63.1 Å². The Balaban J connectivity index is 1.29. The predicted molar refractivity (Wildman–Crippen MR) is 532 cm³/mol. The van der Waals surface area contributed by atoms with Crippen LogP contribution in [0.5, 0.6) is 0 Å². The van der Waals surface area contributed by atoms with Gasteiger partial charge in [-0.3, -0.25) is 101 Å². The number of nitrogens with one attached hydrogen (secondary N) is 18. The van der Waals surface area contributed by atoms with Crippen molar-refractivity contribution in [1.29, 1.82) is 5.41 Å². The lowest BCUT2D eigenvalue weighted by Gasteiger charge is -2.33. The van der Waals surface area contributed by atoms with Crippen molar-refractivity contribution in [2.24, 2.45) is 46.2 Å². The maximum atomic E-state index is 15.0. The summed E-state index contributed by atoms with van der Waals surface area (Å²) in [5.74, 6) is -22.2. The second-order valence-electron chi connectivity index (χ2n) is 38.1. The Morgan fingerprint density at radius 2 is 0.777 bits per heavy atom. The van der Waals surface area contributed by atoms with Gasteiger partial charge in [-0.05, 0) is 187 Å². The van der Waals surface area contributed by atoms with Gasteiger partial charge >= 0.3 is 5.97 Å². The number of unbranched alkanes of at least 4 members (excludes halogenated alkanes) is 3. The van der Waals surface area contributed by atoms with Crippen LogP contribution in [0.25, 0.3) is 0 Å². The number of likely N-dealkylation sites (tertiary alicyclic amines) is 4. The predicted octanol–water partition coefficient (Wildman–Crippen LogP) is -12.5. The Morgan fingerprint density at radius 1 is 0.412 bits per heavy atom. The van der Waals surface area contributed by atoms with E-state index in [0.29, 0.717) is 25.7 Å². The van der Waals surface area contributed by atoms with Gasteiger partial charge in [0, 0.05) is 51.1 Å². The zero-order chi connectivity index (χ0) is 110. The number of aliphatic carboxylic acids is 1. The molecule has 0 aliphatic carbocycles. The largest absolute Gasteiger partial charge is 0.480 e. The van der Waals surface area contributed by atoms with Gasteiger partial charge in [0.2, 0.25) is 118 Å². The molecule has 20 amide bonds. The lowest BCUT2D eigenvalue weighted by molar-refractivity contribution is -0.146. The summed E-state index contributed by atoms with van der Waals surface area (Å²) in [6.45, 7) is 6.97. The number of guanidine groups is 1. The molecule has 4 aliphatic rings. The second kappa shape index (κ2) is 63.9. The quantitative estimate of drug-likeness (QED) is 0.0125. The summed E-state index contributed by atoms with van der Waals surface area (Å²) in [4.78, 5) is 305. The monoisotopic (exact) mass is 2120 g/mol. The van der Waals surface area contributed by atoms with Crippen LogP contribution in [-0.2, 0) is 107 Å². The number of primary amides is 1. The number of hydrogen-bond donors (Lipinski definition) is 31. The number of rotatable bonds is 65. The van der Waals surface area contributed by atoms with E-state index in [-0.39, 0.29) is 185 Å². The van der Waals surface area contributed by atoms with Gasteiger partial charge in [0.25, 0.3) is 0 Å². The van der Waals surface area contributed by atoms with Crippen molar-refractivity contribution in [2.75, 3.05) is 84.5 Å². The number of carboxylic acids is 1. The highest BCUT2D eigenvalue weighted by molar-refractivity contribution is 7.80. The zero-order valence-electron chi connectivity index (χ0n) is 84.8. The highest BCUT2D eigenvalue weighted by Gasteiger charge is 2.48. The van der Waals surface area contributed by atoms with Gasteiger partial charge in [-0.2, -0.15) is 12.6 Å². The number of nitrogens with zero attached hydrogens (tertiary/aromatic N) is 5. The number of hydrogen-bond acceptors (Lipinski definition) is 33. The molecule has 36 N–H and O–H groups in total. The first-order chi connectivity index (χ1) is 70.1. The number of amides is 20. The van der Waals surface area contributed by atoms with Crippen LogP contribution in [0.1, 0.15) is 195 Å². The summed E-state index contributed by atoms with van der Waals surface area (Å²) < 4.78 is 0. The van der Waals surface area contributed by atoms with Crippen molar-refractivity contribution < 1.29 is 131 Å². The Hall–Kier alpha value is -12.7. The third kappa shape index (κ3) is 40.1. The van der Waals surface area contributed by atoms with Gasteiger partial charge in [0.15, 0.2) is 5.96 Å². The first-order valence-electron chi connectivity index (χ1n) is 50.1. The second-order valence-corrected chi connectivity index (χ2v) is 38.5. The SMILES string of the molecule is CC(C)C[C@H](NC(=O)[C@H](CS)NC(=O)[C@@H]1CCCN1C(=O)[C@H](CCCNC(=N)N)NC(=O)[C@H](CC(N)=O)NC(=O)[C@H](CCCCN)NC(=O)[C@H](CC(C)C)NC(=O)[C@@H](NC(=O)[C@H](CCCCN)NC(=O)[C@H](C)N)[C@@H](C)O)C(=O)N[C@@H](CO)C(=O)N1CCC[C@H]1C(=O)N[C@@H](CCCCN)C(=O)N[C@@H](Cc1c[nH]cn1)C(=O)N1CCC[C@H]1C(=O)N[C@H](C(=O)N1CCC[C@H]1C(=O)NCC(=O)N[C@@H](CO)C(=O)N[C@@H](CO)C(=O)O)[C@@H](C)O. The Kier molecular flexibility index (Phi) is 54.3. The summed E-state index contributed by atoms with van der Waals surface area (Å²) in [5, 5.41) is 109. The number of aliphatic hydroxyl groups excluding tert-OH is 5. The lowest BCUT2D eigenvalue weighted by Crippen LogP contribution is -2.62. The summed E-state index contributed by atoms with van der Waals surface area (Å²) in [6, 6.07) is -28.6. The molecule has 56 nitrogen and oxygen atoms in total. The molecule has 4 fully saturated rings. The van der Waals surface area contributed by atoms with Crippen LogP contribution in [0.2, 0.25) is 0 Å². The number of thiol groups is 1. The molecule has 148 heavy (non-hydrogen) atoms. The van der Waals surface area contributed by atoms with Gasteiger partial charge in [-0.1, -0.05) is 27.7 Å². The van der Waals surface area contributed by atoms with E-state index in [2.05, 4.69) is 102 Å². The molecule has 0 spiro atoms. The minimum Gasteiger partial charge on any atom is -0.480 e. The number of H-pyrrole nitrogens is 1. The molecule has 0 unspecified atom stereocenters. The first kappa shape index (κ1) is 126. The Bertz CT molecular complexity index is 4660. The topological polar surface area (TPSA) is 894 Å². The first-order valence-corrected chi connectivity index (χ1v) is 50.7.